The molecule has 30 heavy (non-hydrogen) atoms. The molecule has 1 aromatic rings. The van der Waals surface area contributed by atoms with Crippen LogP contribution in [0, 0.1) is 5.41 Å². The third-order valence-corrected chi connectivity index (χ3v) is 10.8. The van der Waals surface area contributed by atoms with Crippen LogP contribution in [-0.4, -0.2) is 34.1 Å². The molecule has 0 aromatic heterocycles. The number of hydrogen-bond acceptors (Lipinski definition) is 4. The number of hydrogen-bond donors (Lipinski definition) is 0. The van der Waals surface area contributed by atoms with Crippen molar-refractivity contribution in [1.82, 2.24) is 0 Å². The van der Waals surface area contributed by atoms with Crippen LogP contribution in [0.3, 0.4) is 0 Å². The van der Waals surface area contributed by atoms with Crippen molar-refractivity contribution in [3.63, 3.8) is 0 Å². The van der Waals surface area contributed by atoms with Gasteiger partial charge in [-0.05, 0) is 54.0 Å². The van der Waals surface area contributed by atoms with E-state index in [1.165, 1.54) is 0 Å². The highest BCUT2D eigenvalue weighted by Crippen LogP contribution is 2.37. The van der Waals surface area contributed by atoms with Crippen LogP contribution in [0.25, 0.3) is 0 Å². The van der Waals surface area contributed by atoms with Crippen LogP contribution < -0.4 is 0 Å². The highest BCUT2D eigenvalue weighted by Gasteiger charge is 2.39. The Bertz CT molecular complexity index is 655. The zero-order valence-electron chi connectivity index (χ0n) is 19.5. The quantitative estimate of drug-likeness (QED) is 0.117. The summed E-state index contributed by atoms with van der Waals surface area (Å²) in [4.78, 5) is 12.9. The van der Waals surface area contributed by atoms with Crippen LogP contribution in [0.4, 0.5) is 0 Å². The number of esters is 1. The summed E-state index contributed by atoms with van der Waals surface area (Å²) in [5, 5.41) is 0.179. The van der Waals surface area contributed by atoms with Crippen LogP contribution in [0.2, 0.25) is 18.1 Å². The van der Waals surface area contributed by atoms with Gasteiger partial charge in [0.05, 0.1) is 18.6 Å². The lowest BCUT2D eigenvalue weighted by Gasteiger charge is -2.36. The number of carbonyl (C=O) groups is 1. The van der Waals surface area contributed by atoms with Gasteiger partial charge in [-0.3, -0.25) is 4.79 Å². The van der Waals surface area contributed by atoms with Crippen molar-refractivity contribution in [2.24, 2.45) is 5.41 Å². The second-order valence-corrected chi connectivity index (χ2v) is 14.7. The summed E-state index contributed by atoms with van der Waals surface area (Å²) < 4.78 is 19.6. The molecule has 0 aliphatic rings. The van der Waals surface area contributed by atoms with Gasteiger partial charge in [0, 0.05) is 13.2 Å². The zero-order valence-corrected chi connectivity index (χ0v) is 22.7. The SMILES string of the molecule is CCOC(=O)[C@@](/C=C/I)(CCCO[Si](C)(C)C(C)(C)C)CCOCc1ccccc1. The molecule has 0 aliphatic heterocycles. The summed E-state index contributed by atoms with van der Waals surface area (Å²) in [6.07, 6.45) is 4.07. The van der Waals surface area contributed by atoms with E-state index in [-0.39, 0.29) is 11.0 Å². The monoisotopic (exact) mass is 546 g/mol. The predicted octanol–water partition coefficient (Wildman–Crippen LogP) is 6.89. The molecule has 6 heteroatoms. The molecule has 0 amide bonds. The summed E-state index contributed by atoms with van der Waals surface area (Å²) in [6.45, 7) is 15.2. The Morgan fingerprint density at radius 1 is 1.10 bits per heavy atom. The lowest BCUT2D eigenvalue weighted by atomic mass is 9.80. The van der Waals surface area contributed by atoms with Crippen LogP contribution in [0.5, 0.6) is 0 Å². The molecule has 0 aliphatic carbocycles. The first-order chi connectivity index (χ1) is 14.1. The number of halogens is 1. The molecule has 1 rings (SSSR count). The minimum absolute atomic E-state index is 0.173. The first kappa shape index (κ1) is 27.3. The van der Waals surface area contributed by atoms with E-state index in [1.807, 2.05) is 47.4 Å². The lowest BCUT2D eigenvalue weighted by molar-refractivity contribution is -0.154. The average molecular weight is 547 g/mol. The van der Waals surface area contributed by atoms with E-state index in [1.54, 1.807) is 0 Å². The fourth-order valence-electron chi connectivity index (χ4n) is 2.91. The first-order valence-corrected chi connectivity index (χ1v) is 14.9. The van der Waals surface area contributed by atoms with Crippen LogP contribution in [0.15, 0.2) is 40.5 Å². The smallest absolute Gasteiger partial charge is 0.316 e. The van der Waals surface area contributed by atoms with Crippen molar-refractivity contribution in [1.29, 1.82) is 0 Å². The highest BCUT2D eigenvalue weighted by atomic mass is 127. The van der Waals surface area contributed by atoms with E-state index in [9.17, 15) is 4.79 Å². The van der Waals surface area contributed by atoms with Crippen molar-refractivity contribution < 1.29 is 18.7 Å². The fourth-order valence-corrected chi connectivity index (χ4v) is 4.69. The molecule has 0 saturated heterocycles. The molecule has 1 aromatic carbocycles. The van der Waals surface area contributed by atoms with Gasteiger partial charge in [-0.25, -0.2) is 0 Å². The van der Waals surface area contributed by atoms with E-state index >= 15 is 0 Å². The predicted molar refractivity (Wildman–Crippen MR) is 135 cm³/mol. The third-order valence-electron chi connectivity index (χ3n) is 5.90. The van der Waals surface area contributed by atoms with Crippen molar-refractivity contribution in [3.8, 4) is 0 Å². The molecule has 1 atom stereocenters. The topological polar surface area (TPSA) is 44.8 Å². The average Bonchev–Trinajstić information content (AvgIpc) is 2.68. The van der Waals surface area contributed by atoms with Gasteiger partial charge in [-0.15, -0.1) is 0 Å². The highest BCUT2D eigenvalue weighted by molar-refractivity contribution is 14.1. The standard InChI is InChI=1S/C24H39IO4Si/c1-7-28-22(26)24(15-17-25,14-11-18-29-30(5,6)23(2,3)4)16-19-27-20-21-12-9-8-10-13-21/h8-10,12-13,15,17H,7,11,14,16,18-20H2,1-6H3/b17-15+/t24-/m1/s1. The number of ether oxygens (including phenoxy) is 2. The molecule has 0 unspecified atom stereocenters. The third kappa shape index (κ3) is 8.81. The summed E-state index contributed by atoms with van der Waals surface area (Å²) in [5.74, 6) is -0.173. The molecule has 0 fully saturated rings. The maximum atomic E-state index is 12.9. The second kappa shape index (κ2) is 13.0. The molecular weight excluding hydrogens is 507 g/mol. The van der Waals surface area contributed by atoms with E-state index in [2.05, 4.69) is 56.5 Å². The molecular formula is C24H39IO4Si. The van der Waals surface area contributed by atoms with Gasteiger partial charge in [-0.2, -0.15) is 0 Å². The Kier molecular flexibility index (Phi) is 11.8. The Balaban J connectivity index is 2.73. The van der Waals surface area contributed by atoms with Crippen molar-refractivity contribution in [2.45, 2.75) is 71.7 Å². The molecule has 0 saturated carbocycles. The van der Waals surface area contributed by atoms with Gasteiger partial charge in [0.1, 0.15) is 0 Å². The fraction of sp³-hybridized carbons (Fsp3) is 0.625. The molecule has 0 bridgehead atoms. The van der Waals surface area contributed by atoms with Gasteiger partial charge in [0.15, 0.2) is 8.32 Å². The van der Waals surface area contributed by atoms with Crippen LogP contribution in [-0.2, 0) is 25.3 Å². The summed E-state index contributed by atoms with van der Waals surface area (Å²) in [6, 6.07) is 10.1. The Labute approximate surface area is 198 Å². The molecule has 0 radical (unpaired) electrons. The van der Waals surface area contributed by atoms with Gasteiger partial charge >= 0.3 is 5.97 Å². The summed E-state index contributed by atoms with van der Waals surface area (Å²) >= 11 is 2.18. The molecule has 0 spiro atoms. The van der Waals surface area contributed by atoms with Gasteiger partial charge in [0.2, 0.25) is 0 Å². The molecule has 4 nitrogen and oxygen atoms in total. The molecule has 0 N–H and O–H groups in total. The van der Waals surface area contributed by atoms with Gasteiger partial charge in [-0.1, -0.05) is 79.8 Å². The lowest BCUT2D eigenvalue weighted by Crippen LogP contribution is -2.41. The van der Waals surface area contributed by atoms with E-state index in [4.69, 9.17) is 13.9 Å². The van der Waals surface area contributed by atoms with E-state index in [0.717, 1.165) is 12.0 Å². The van der Waals surface area contributed by atoms with Crippen molar-refractivity contribution in [2.75, 3.05) is 19.8 Å². The maximum absolute atomic E-state index is 12.9. The van der Waals surface area contributed by atoms with E-state index in [0.29, 0.717) is 39.3 Å². The Hall–Kier alpha value is -0.703. The summed E-state index contributed by atoms with van der Waals surface area (Å²) in [5.41, 5.74) is 0.455. The van der Waals surface area contributed by atoms with Crippen LogP contribution >= 0.6 is 22.6 Å². The first-order valence-electron chi connectivity index (χ1n) is 10.8. The minimum atomic E-state index is -1.79. The van der Waals surface area contributed by atoms with Gasteiger partial charge in [0.25, 0.3) is 0 Å². The Morgan fingerprint density at radius 2 is 1.77 bits per heavy atom. The maximum Gasteiger partial charge on any atom is 0.316 e. The Morgan fingerprint density at radius 3 is 2.33 bits per heavy atom. The van der Waals surface area contributed by atoms with Crippen molar-refractivity contribution >= 4 is 36.9 Å². The van der Waals surface area contributed by atoms with Gasteiger partial charge < -0.3 is 13.9 Å². The number of rotatable bonds is 13. The van der Waals surface area contributed by atoms with E-state index < -0.39 is 13.7 Å². The molecule has 0 heterocycles. The molecule has 170 valence electrons. The van der Waals surface area contributed by atoms with Crippen molar-refractivity contribution in [3.05, 3.63) is 46.1 Å². The zero-order chi connectivity index (χ0) is 22.7. The second-order valence-electron chi connectivity index (χ2n) is 9.17. The summed E-state index contributed by atoms with van der Waals surface area (Å²) in [7, 11) is -1.79. The largest absolute Gasteiger partial charge is 0.465 e. The minimum Gasteiger partial charge on any atom is -0.465 e. The normalized spacial score (nSPS) is 14.6. The number of benzene rings is 1. The number of carbonyl (C=O) groups excluding carboxylic acids is 1. The van der Waals surface area contributed by atoms with Crippen LogP contribution in [0.1, 0.15) is 52.5 Å².